The predicted molar refractivity (Wildman–Crippen MR) is 144 cm³/mol. The number of alkyl halides is 1. The van der Waals surface area contributed by atoms with E-state index in [9.17, 15) is 9.18 Å². The summed E-state index contributed by atoms with van der Waals surface area (Å²) in [5, 5.41) is 7.45. The van der Waals surface area contributed by atoms with E-state index in [-0.39, 0.29) is 24.1 Å². The minimum atomic E-state index is -1.50. The van der Waals surface area contributed by atoms with Crippen LogP contribution in [0.3, 0.4) is 0 Å². The second-order valence-corrected chi connectivity index (χ2v) is 11.1. The van der Waals surface area contributed by atoms with Crippen molar-refractivity contribution in [3.63, 3.8) is 0 Å². The fourth-order valence-corrected chi connectivity index (χ4v) is 4.97. The maximum atomic E-state index is 13.2. The van der Waals surface area contributed by atoms with Gasteiger partial charge in [0.2, 0.25) is 0 Å². The van der Waals surface area contributed by atoms with Crippen LogP contribution in [0.1, 0.15) is 55.1 Å². The molecule has 3 aromatic carbocycles. The molecule has 8 heteroatoms. The summed E-state index contributed by atoms with van der Waals surface area (Å²) in [4.78, 5) is 13.2. The van der Waals surface area contributed by atoms with Gasteiger partial charge in [0.15, 0.2) is 5.66 Å². The van der Waals surface area contributed by atoms with Crippen LogP contribution in [0.2, 0.25) is 10.0 Å². The van der Waals surface area contributed by atoms with Gasteiger partial charge in [0, 0.05) is 15.6 Å². The Balaban J connectivity index is 1.87. The molecule has 3 aromatic rings. The molecule has 36 heavy (non-hydrogen) atoms. The minimum absolute atomic E-state index is 0.144. The molecule has 1 aliphatic rings. The monoisotopic (exact) mass is 548 g/mol. The molecule has 1 aliphatic heterocycles. The summed E-state index contributed by atoms with van der Waals surface area (Å²) in [6.45, 7) is 5.41. The molecule has 1 fully saturated rings. The highest BCUT2D eigenvalue weighted by atomic mass is 35.5. The average Bonchev–Trinajstić information content (AvgIpc) is 3.25. The van der Waals surface area contributed by atoms with Crippen LogP contribution in [-0.2, 0) is 15.9 Å². The molecule has 3 atom stereocenters. The molecule has 4 rings (SSSR count). The first-order chi connectivity index (χ1) is 17.0. The zero-order valence-electron chi connectivity index (χ0n) is 20.2. The smallest absolute Gasteiger partial charge is 0.261 e. The summed E-state index contributed by atoms with van der Waals surface area (Å²) >= 11 is 18.6. The van der Waals surface area contributed by atoms with E-state index in [1.165, 1.54) is 0 Å². The molecule has 0 spiro atoms. The Hall–Kier alpha value is -2.15. The standard InChI is InChI=1S/C28H28Cl3FN2O2/c1-27(2,3)19-8-13-22(23(16-19)36-15-14-32)28(26(31)35)33-24(17-4-9-20(29)10-5-17)25(34-28)18-6-11-21(30)12-7-18/h4-13,16,24-25,33-34H,14-15H2,1-3H3/t24-,25+,28?. The maximum absolute atomic E-state index is 13.2. The Bertz CT molecular complexity index is 1170. The second-order valence-electron chi connectivity index (χ2n) is 9.87. The third-order valence-electron chi connectivity index (χ3n) is 6.42. The number of carbonyl (C=O) groups is 1. The Kier molecular flexibility index (Phi) is 7.98. The van der Waals surface area contributed by atoms with Crippen molar-refractivity contribution in [1.82, 2.24) is 10.6 Å². The molecule has 0 amide bonds. The van der Waals surface area contributed by atoms with Crippen molar-refractivity contribution < 1.29 is 13.9 Å². The van der Waals surface area contributed by atoms with Crippen molar-refractivity contribution in [2.45, 2.75) is 43.9 Å². The molecule has 0 saturated carbocycles. The van der Waals surface area contributed by atoms with Crippen molar-refractivity contribution in [2.24, 2.45) is 0 Å². The highest BCUT2D eigenvalue weighted by Gasteiger charge is 2.52. The number of halogens is 4. The first-order valence-corrected chi connectivity index (χ1v) is 12.8. The number of rotatable bonds is 7. The number of ether oxygens (including phenoxy) is 1. The Morgan fingerprint density at radius 3 is 1.83 bits per heavy atom. The molecule has 0 aliphatic carbocycles. The quantitative estimate of drug-likeness (QED) is 0.305. The van der Waals surface area contributed by atoms with Gasteiger partial charge in [0.25, 0.3) is 5.24 Å². The summed E-state index contributed by atoms with van der Waals surface area (Å²) < 4.78 is 19.0. The maximum Gasteiger partial charge on any atom is 0.261 e. The summed E-state index contributed by atoms with van der Waals surface area (Å²) in [6, 6.07) is 19.7. The number of hydrogen-bond acceptors (Lipinski definition) is 4. The van der Waals surface area contributed by atoms with Gasteiger partial charge in [0.1, 0.15) is 19.0 Å². The summed E-state index contributed by atoms with van der Waals surface area (Å²) in [5.74, 6) is 0.390. The van der Waals surface area contributed by atoms with E-state index >= 15 is 0 Å². The third-order valence-corrected chi connectivity index (χ3v) is 7.20. The highest BCUT2D eigenvalue weighted by molar-refractivity contribution is 6.65. The van der Waals surface area contributed by atoms with Crippen molar-refractivity contribution in [2.75, 3.05) is 13.3 Å². The van der Waals surface area contributed by atoms with Crippen LogP contribution in [0.4, 0.5) is 4.39 Å². The molecule has 1 saturated heterocycles. The Morgan fingerprint density at radius 2 is 1.42 bits per heavy atom. The summed E-state index contributed by atoms with van der Waals surface area (Å²) in [5.41, 5.74) is 1.60. The Morgan fingerprint density at radius 1 is 0.917 bits per heavy atom. The normalized spacial score (nSPS) is 22.0. The molecule has 190 valence electrons. The van der Waals surface area contributed by atoms with Crippen LogP contribution < -0.4 is 15.4 Å². The molecule has 1 unspecified atom stereocenters. The van der Waals surface area contributed by atoms with E-state index in [0.29, 0.717) is 21.4 Å². The molecule has 0 radical (unpaired) electrons. The van der Waals surface area contributed by atoms with E-state index in [0.717, 1.165) is 16.7 Å². The van der Waals surface area contributed by atoms with Crippen LogP contribution in [0.15, 0.2) is 66.7 Å². The van der Waals surface area contributed by atoms with Gasteiger partial charge < -0.3 is 4.74 Å². The van der Waals surface area contributed by atoms with Crippen LogP contribution in [0, 0.1) is 0 Å². The molecule has 0 bridgehead atoms. The van der Waals surface area contributed by atoms with Gasteiger partial charge in [-0.1, -0.05) is 80.4 Å². The van der Waals surface area contributed by atoms with E-state index < -0.39 is 17.6 Å². The second kappa shape index (κ2) is 10.7. The van der Waals surface area contributed by atoms with Crippen molar-refractivity contribution in [3.8, 4) is 5.75 Å². The third kappa shape index (κ3) is 5.41. The predicted octanol–water partition coefficient (Wildman–Crippen LogP) is 7.23. The molecular formula is C28H28Cl3FN2O2. The van der Waals surface area contributed by atoms with Crippen molar-refractivity contribution in [3.05, 3.63) is 99.0 Å². The fraction of sp³-hybridized carbons (Fsp3) is 0.321. The number of hydrogen-bond donors (Lipinski definition) is 2. The highest BCUT2D eigenvalue weighted by Crippen LogP contribution is 2.45. The van der Waals surface area contributed by atoms with Gasteiger partial charge in [-0.15, -0.1) is 0 Å². The first-order valence-electron chi connectivity index (χ1n) is 11.6. The summed E-state index contributed by atoms with van der Waals surface area (Å²) in [6.07, 6.45) is 0. The Labute approximate surface area is 226 Å². The zero-order chi connectivity index (χ0) is 26.1. The number of nitrogens with one attached hydrogen (secondary N) is 2. The van der Waals surface area contributed by atoms with Gasteiger partial charge in [-0.2, -0.15) is 0 Å². The van der Waals surface area contributed by atoms with Gasteiger partial charge in [0.05, 0.1) is 12.1 Å². The van der Waals surface area contributed by atoms with Crippen LogP contribution in [0.5, 0.6) is 5.75 Å². The average molecular weight is 550 g/mol. The zero-order valence-corrected chi connectivity index (χ0v) is 22.5. The lowest BCUT2D eigenvalue weighted by Gasteiger charge is -2.30. The van der Waals surface area contributed by atoms with Crippen LogP contribution >= 0.6 is 34.8 Å². The van der Waals surface area contributed by atoms with Crippen LogP contribution in [0.25, 0.3) is 0 Å². The van der Waals surface area contributed by atoms with Gasteiger partial charge in [-0.05, 0) is 64.0 Å². The minimum Gasteiger partial charge on any atom is -0.490 e. The number of carbonyl (C=O) groups excluding carboxylic acids is 1. The molecule has 4 nitrogen and oxygen atoms in total. The van der Waals surface area contributed by atoms with Crippen molar-refractivity contribution >= 4 is 40.0 Å². The lowest BCUT2D eigenvalue weighted by Crippen LogP contribution is -2.51. The molecule has 1 heterocycles. The lowest BCUT2D eigenvalue weighted by atomic mass is 9.85. The van der Waals surface area contributed by atoms with Crippen LogP contribution in [-0.4, -0.2) is 18.5 Å². The van der Waals surface area contributed by atoms with Crippen molar-refractivity contribution in [1.29, 1.82) is 0 Å². The SMILES string of the molecule is CC(C)(C)c1ccc(C2(C(=O)Cl)N[C@H](c3ccc(Cl)cc3)[C@H](c3ccc(Cl)cc3)N2)c(OCCF)c1. The van der Waals surface area contributed by atoms with E-state index in [4.69, 9.17) is 39.5 Å². The van der Waals surface area contributed by atoms with Gasteiger partial charge >= 0.3 is 0 Å². The molecule has 2 N–H and O–H groups in total. The lowest BCUT2D eigenvalue weighted by molar-refractivity contribution is -0.118. The first kappa shape index (κ1) is 26.9. The van der Waals surface area contributed by atoms with Gasteiger partial charge in [-0.3, -0.25) is 15.4 Å². The van der Waals surface area contributed by atoms with E-state index in [2.05, 4.69) is 31.4 Å². The van der Waals surface area contributed by atoms with E-state index in [1.54, 1.807) is 24.3 Å². The number of benzene rings is 3. The topological polar surface area (TPSA) is 50.4 Å². The van der Waals surface area contributed by atoms with E-state index in [1.807, 2.05) is 42.5 Å². The fourth-order valence-electron chi connectivity index (χ4n) is 4.51. The molecular weight excluding hydrogens is 522 g/mol. The summed E-state index contributed by atoms with van der Waals surface area (Å²) in [7, 11) is 0. The largest absolute Gasteiger partial charge is 0.490 e. The van der Waals surface area contributed by atoms with Gasteiger partial charge in [-0.25, -0.2) is 4.39 Å². The molecule has 0 aromatic heterocycles.